The Morgan fingerprint density at radius 1 is 1.28 bits per heavy atom. The zero-order valence-corrected chi connectivity index (χ0v) is 10.5. The summed E-state index contributed by atoms with van der Waals surface area (Å²) in [4.78, 5) is 4.22. The average Bonchev–Trinajstić information content (AvgIpc) is 2.21. The summed E-state index contributed by atoms with van der Waals surface area (Å²) < 4.78 is 36.2. The molecule has 1 atom stereocenters. The number of alkyl halides is 3. The maximum absolute atomic E-state index is 12.1. The zero-order chi connectivity index (χ0) is 13.8. The highest BCUT2D eigenvalue weighted by Gasteiger charge is 2.26. The van der Waals surface area contributed by atoms with Crippen molar-refractivity contribution < 1.29 is 13.2 Å². The number of nitrogens with two attached hydrogens (primary N) is 1. The monoisotopic (exact) mass is 261 g/mol. The highest BCUT2D eigenvalue weighted by Crippen LogP contribution is 2.26. The van der Waals surface area contributed by atoms with Gasteiger partial charge in [0, 0.05) is 23.9 Å². The van der Waals surface area contributed by atoms with Crippen LogP contribution < -0.4 is 11.3 Å². The standard InChI is InChI=1S/C12H18F3N3/c1-8-6-10(7-9(2)17-8)11(18-16)4-3-5-12(13,14)15/h6-7,11,18H,3-5,16H2,1-2H3. The Balaban J connectivity index is 2.65. The summed E-state index contributed by atoms with van der Waals surface area (Å²) >= 11 is 0. The van der Waals surface area contributed by atoms with Crippen LogP contribution in [0.1, 0.15) is 42.3 Å². The number of halogens is 3. The molecule has 0 aromatic carbocycles. The van der Waals surface area contributed by atoms with E-state index in [0.717, 1.165) is 17.0 Å². The maximum atomic E-state index is 12.1. The van der Waals surface area contributed by atoms with Crippen LogP contribution in [0.4, 0.5) is 13.2 Å². The largest absolute Gasteiger partial charge is 0.389 e. The summed E-state index contributed by atoms with van der Waals surface area (Å²) in [5.41, 5.74) is 5.11. The van der Waals surface area contributed by atoms with Gasteiger partial charge in [0.1, 0.15) is 0 Å². The van der Waals surface area contributed by atoms with Gasteiger partial charge in [-0.1, -0.05) is 0 Å². The smallest absolute Gasteiger partial charge is 0.271 e. The van der Waals surface area contributed by atoms with Crippen molar-refractivity contribution in [3.05, 3.63) is 29.1 Å². The van der Waals surface area contributed by atoms with E-state index < -0.39 is 12.6 Å². The van der Waals surface area contributed by atoms with Gasteiger partial charge < -0.3 is 0 Å². The predicted molar refractivity (Wildman–Crippen MR) is 63.7 cm³/mol. The normalized spacial score (nSPS) is 13.7. The molecule has 0 spiro atoms. The van der Waals surface area contributed by atoms with Gasteiger partial charge >= 0.3 is 6.18 Å². The minimum absolute atomic E-state index is 0.0543. The van der Waals surface area contributed by atoms with Gasteiger partial charge in [-0.2, -0.15) is 13.2 Å². The molecule has 0 saturated carbocycles. The number of rotatable bonds is 5. The molecule has 0 amide bonds. The Kier molecular flexibility index (Phi) is 5.10. The second-order valence-electron chi connectivity index (χ2n) is 4.41. The summed E-state index contributed by atoms with van der Waals surface area (Å²) in [6.45, 7) is 3.69. The molecule has 3 N–H and O–H groups in total. The summed E-state index contributed by atoms with van der Waals surface area (Å²) in [7, 11) is 0. The van der Waals surface area contributed by atoms with Gasteiger partial charge in [-0.3, -0.25) is 16.3 Å². The highest BCUT2D eigenvalue weighted by molar-refractivity contribution is 5.23. The molecule has 0 fully saturated rings. The van der Waals surface area contributed by atoms with Crippen LogP contribution in [0.25, 0.3) is 0 Å². The first-order valence-electron chi connectivity index (χ1n) is 5.80. The van der Waals surface area contributed by atoms with Crippen molar-refractivity contribution >= 4 is 0 Å². The molecule has 102 valence electrons. The molecule has 0 aliphatic rings. The van der Waals surface area contributed by atoms with Crippen LogP contribution in [0.2, 0.25) is 0 Å². The van der Waals surface area contributed by atoms with E-state index in [1.165, 1.54) is 0 Å². The van der Waals surface area contributed by atoms with Crippen molar-refractivity contribution in [1.29, 1.82) is 0 Å². The summed E-state index contributed by atoms with van der Waals surface area (Å²) in [5.74, 6) is 5.40. The van der Waals surface area contributed by atoms with E-state index in [-0.39, 0.29) is 12.5 Å². The van der Waals surface area contributed by atoms with Gasteiger partial charge in [-0.05, 0) is 44.4 Å². The Hall–Kier alpha value is -1.14. The summed E-state index contributed by atoms with van der Waals surface area (Å²) in [6.07, 6.45) is -4.49. The molecule has 1 aromatic rings. The molecular weight excluding hydrogens is 243 g/mol. The number of pyridine rings is 1. The molecule has 1 aromatic heterocycles. The lowest BCUT2D eigenvalue weighted by molar-refractivity contribution is -0.135. The fourth-order valence-corrected chi connectivity index (χ4v) is 1.92. The van der Waals surface area contributed by atoms with Crippen LogP contribution in [-0.4, -0.2) is 11.2 Å². The van der Waals surface area contributed by atoms with E-state index in [4.69, 9.17) is 5.84 Å². The highest BCUT2D eigenvalue weighted by atomic mass is 19.4. The second-order valence-corrected chi connectivity index (χ2v) is 4.41. The Morgan fingerprint density at radius 2 is 1.83 bits per heavy atom. The summed E-state index contributed by atoms with van der Waals surface area (Å²) in [6, 6.07) is 3.41. The lowest BCUT2D eigenvalue weighted by Gasteiger charge is -2.17. The molecule has 0 saturated heterocycles. The van der Waals surface area contributed by atoms with Crippen LogP contribution in [-0.2, 0) is 0 Å². The van der Waals surface area contributed by atoms with Crippen LogP contribution in [0.3, 0.4) is 0 Å². The third-order valence-electron chi connectivity index (χ3n) is 2.66. The quantitative estimate of drug-likeness (QED) is 0.633. The van der Waals surface area contributed by atoms with Crippen molar-refractivity contribution in [3.8, 4) is 0 Å². The van der Waals surface area contributed by atoms with E-state index in [2.05, 4.69) is 10.4 Å². The summed E-state index contributed by atoms with van der Waals surface area (Å²) in [5, 5.41) is 0. The van der Waals surface area contributed by atoms with E-state index in [1.54, 1.807) is 0 Å². The molecule has 1 unspecified atom stereocenters. The molecular formula is C12H18F3N3. The molecule has 0 radical (unpaired) electrons. The van der Waals surface area contributed by atoms with Crippen LogP contribution in [0, 0.1) is 13.8 Å². The van der Waals surface area contributed by atoms with Crippen molar-refractivity contribution in [2.24, 2.45) is 5.84 Å². The number of hydrazine groups is 1. The Labute approximate surface area is 105 Å². The molecule has 1 rings (SSSR count). The molecule has 3 nitrogen and oxygen atoms in total. The number of hydrogen-bond acceptors (Lipinski definition) is 3. The molecule has 18 heavy (non-hydrogen) atoms. The predicted octanol–water partition coefficient (Wildman–Crippen LogP) is 2.94. The number of aromatic nitrogens is 1. The Morgan fingerprint density at radius 3 is 2.28 bits per heavy atom. The van der Waals surface area contributed by atoms with E-state index in [9.17, 15) is 13.2 Å². The van der Waals surface area contributed by atoms with Crippen LogP contribution in [0.15, 0.2) is 12.1 Å². The molecule has 0 aliphatic heterocycles. The first-order valence-corrected chi connectivity index (χ1v) is 5.80. The average molecular weight is 261 g/mol. The fraction of sp³-hybridized carbons (Fsp3) is 0.583. The Bertz CT molecular complexity index is 370. The van der Waals surface area contributed by atoms with Gasteiger partial charge in [0.05, 0.1) is 0 Å². The zero-order valence-electron chi connectivity index (χ0n) is 10.5. The number of hydrogen-bond donors (Lipinski definition) is 2. The fourth-order valence-electron chi connectivity index (χ4n) is 1.92. The minimum atomic E-state index is -4.11. The SMILES string of the molecule is Cc1cc(C(CCCC(F)(F)F)NN)cc(C)n1. The first-order chi connectivity index (χ1) is 8.31. The first kappa shape index (κ1) is 14.9. The molecule has 6 heteroatoms. The van der Waals surface area contributed by atoms with Gasteiger partial charge in [0.25, 0.3) is 0 Å². The van der Waals surface area contributed by atoms with Gasteiger partial charge in [-0.15, -0.1) is 0 Å². The number of nitrogens with one attached hydrogen (secondary N) is 1. The third kappa shape index (κ3) is 5.01. The number of nitrogens with zero attached hydrogens (tertiary/aromatic N) is 1. The minimum Gasteiger partial charge on any atom is -0.271 e. The lowest BCUT2D eigenvalue weighted by atomic mass is 10.0. The van der Waals surface area contributed by atoms with Crippen molar-refractivity contribution in [2.75, 3.05) is 0 Å². The van der Waals surface area contributed by atoms with E-state index in [1.807, 2.05) is 26.0 Å². The third-order valence-corrected chi connectivity index (χ3v) is 2.66. The topological polar surface area (TPSA) is 50.9 Å². The lowest BCUT2D eigenvalue weighted by Crippen LogP contribution is -2.28. The maximum Gasteiger partial charge on any atom is 0.389 e. The number of aryl methyl sites for hydroxylation is 2. The van der Waals surface area contributed by atoms with Crippen molar-refractivity contribution in [2.45, 2.75) is 45.3 Å². The van der Waals surface area contributed by atoms with E-state index in [0.29, 0.717) is 6.42 Å². The molecule has 0 aliphatic carbocycles. The van der Waals surface area contributed by atoms with Gasteiger partial charge in [0.15, 0.2) is 0 Å². The van der Waals surface area contributed by atoms with Gasteiger partial charge in [-0.25, -0.2) is 0 Å². The second kappa shape index (κ2) is 6.15. The molecule has 0 bridgehead atoms. The van der Waals surface area contributed by atoms with Gasteiger partial charge in [0.2, 0.25) is 0 Å². The molecule has 1 heterocycles. The van der Waals surface area contributed by atoms with Crippen molar-refractivity contribution in [1.82, 2.24) is 10.4 Å². The van der Waals surface area contributed by atoms with Crippen molar-refractivity contribution in [3.63, 3.8) is 0 Å². The van der Waals surface area contributed by atoms with Crippen LogP contribution in [0.5, 0.6) is 0 Å². The van der Waals surface area contributed by atoms with Crippen LogP contribution >= 0.6 is 0 Å². The van der Waals surface area contributed by atoms with E-state index >= 15 is 0 Å².